The molecule has 1 saturated carbocycles. The predicted octanol–water partition coefficient (Wildman–Crippen LogP) is 0.646. The summed E-state index contributed by atoms with van der Waals surface area (Å²) < 4.78 is 17.3. The topological polar surface area (TPSA) is 103 Å². The van der Waals surface area contributed by atoms with Gasteiger partial charge in [-0.3, -0.25) is 14.4 Å². The van der Waals surface area contributed by atoms with E-state index in [2.05, 4.69) is 31.1 Å². The van der Waals surface area contributed by atoms with Crippen molar-refractivity contribution in [2.45, 2.75) is 51.4 Å². The van der Waals surface area contributed by atoms with Gasteiger partial charge < -0.3 is 19.1 Å². The molecule has 4 rings (SSSR count). The van der Waals surface area contributed by atoms with Crippen molar-refractivity contribution in [3.05, 3.63) is 11.8 Å². The summed E-state index contributed by atoms with van der Waals surface area (Å²) in [5, 5.41) is 4.65. The van der Waals surface area contributed by atoms with Gasteiger partial charge in [-0.05, 0) is 19.8 Å². The number of carbonyl (C=O) groups is 3. The minimum atomic E-state index is -1.44. The van der Waals surface area contributed by atoms with Gasteiger partial charge >= 0.3 is 24.1 Å². The number of aromatic nitrogens is 2. The fraction of sp³-hybridized carbons (Fsp3) is 0.700. The van der Waals surface area contributed by atoms with Crippen LogP contribution in [0.4, 0.5) is 0 Å². The molecule has 3 aliphatic rings. The van der Waals surface area contributed by atoms with E-state index >= 15 is 0 Å². The van der Waals surface area contributed by atoms with Crippen LogP contribution >= 0.6 is 0 Å². The molecule has 10 nitrogen and oxygen atoms in total. The first kappa shape index (κ1) is 20.6. The van der Waals surface area contributed by atoms with E-state index in [0.29, 0.717) is 44.7 Å². The second-order valence-corrected chi connectivity index (χ2v) is 8.02. The number of aryl methyl sites for hydroxylation is 1. The van der Waals surface area contributed by atoms with E-state index in [-0.39, 0.29) is 0 Å². The van der Waals surface area contributed by atoms with Crippen LogP contribution in [-0.4, -0.2) is 83.0 Å². The fourth-order valence-corrected chi connectivity index (χ4v) is 4.26. The number of rotatable bonds is 6. The highest BCUT2D eigenvalue weighted by Crippen LogP contribution is 2.29. The van der Waals surface area contributed by atoms with Crippen LogP contribution in [0.1, 0.15) is 43.8 Å². The molecular weight excluding hydrogens is 392 g/mol. The second-order valence-electron chi connectivity index (χ2n) is 8.02. The monoisotopic (exact) mass is 420 g/mol. The molecule has 1 aromatic rings. The molecule has 164 valence electrons. The summed E-state index contributed by atoms with van der Waals surface area (Å²) >= 11 is 0. The summed E-state index contributed by atoms with van der Waals surface area (Å²) in [6.07, 6.45) is 4.77. The van der Waals surface area contributed by atoms with Crippen molar-refractivity contribution in [3.63, 3.8) is 0 Å². The Morgan fingerprint density at radius 2 is 1.77 bits per heavy atom. The minimum Gasteiger partial charge on any atom is -0.475 e. The Bertz CT molecular complexity index is 779. The third-order valence-corrected chi connectivity index (χ3v) is 5.96. The van der Waals surface area contributed by atoms with Crippen molar-refractivity contribution in [2.75, 3.05) is 39.3 Å². The smallest absolute Gasteiger partial charge is 0.421 e. The van der Waals surface area contributed by atoms with Crippen LogP contribution in [0.2, 0.25) is 0 Å². The van der Waals surface area contributed by atoms with Crippen LogP contribution in [0.15, 0.2) is 6.07 Å². The summed E-state index contributed by atoms with van der Waals surface area (Å²) in [6, 6.07) is 2.48. The van der Waals surface area contributed by atoms with E-state index in [0.717, 1.165) is 12.2 Å². The number of esters is 2. The Morgan fingerprint density at radius 3 is 2.43 bits per heavy atom. The normalized spacial score (nSPS) is 21.6. The lowest BCUT2D eigenvalue weighted by atomic mass is 9.95. The number of carbonyl (C=O) groups excluding carboxylic acids is 3. The number of hydrogen-bond donors (Lipinski definition) is 0. The first-order valence-electron chi connectivity index (χ1n) is 10.6. The SMILES string of the molecule is Cc1cc(OCCN2CCN(C(=O)C3OC(=O)C(=O)O3)CC2)nn1C1CCCCC1. The molecule has 3 fully saturated rings. The zero-order valence-corrected chi connectivity index (χ0v) is 17.2. The Morgan fingerprint density at radius 1 is 1.10 bits per heavy atom. The quantitative estimate of drug-likeness (QED) is 0.488. The van der Waals surface area contributed by atoms with Gasteiger partial charge in [0.25, 0.3) is 0 Å². The van der Waals surface area contributed by atoms with Crippen LogP contribution in [0.5, 0.6) is 5.88 Å². The van der Waals surface area contributed by atoms with Crippen molar-refractivity contribution in [1.29, 1.82) is 0 Å². The summed E-state index contributed by atoms with van der Waals surface area (Å²) in [6.45, 7) is 5.60. The van der Waals surface area contributed by atoms with Crippen molar-refractivity contribution < 1.29 is 28.6 Å². The maximum Gasteiger partial charge on any atom is 0.421 e. The molecule has 10 heteroatoms. The largest absolute Gasteiger partial charge is 0.475 e. The minimum absolute atomic E-state index is 0.472. The number of amides is 1. The molecule has 1 aliphatic carbocycles. The van der Waals surface area contributed by atoms with Crippen molar-refractivity contribution in [3.8, 4) is 5.88 Å². The number of cyclic esters (lactones) is 2. The van der Waals surface area contributed by atoms with Gasteiger partial charge in [-0.2, -0.15) is 0 Å². The van der Waals surface area contributed by atoms with Crippen LogP contribution in [0.3, 0.4) is 0 Å². The third kappa shape index (κ3) is 4.58. The average Bonchev–Trinajstić information content (AvgIpc) is 3.30. The van der Waals surface area contributed by atoms with E-state index in [1.54, 1.807) is 4.90 Å². The van der Waals surface area contributed by atoms with Gasteiger partial charge in [0.2, 0.25) is 5.88 Å². The zero-order chi connectivity index (χ0) is 21.1. The molecule has 0 unspecified atom stereocenters. The predicted molar refractivity (Wildman–Crippen MR) is 104 cm³/mol. The number of piperazine rings is 1. The maximum absolute atomic E-state index is 12.3. The molecule has 2 aliphatic heterocycles. The van der Waals surface area contributed by atoms with E-state index in [1.165, 1.54) is 32.1 Å². The van der Waals surface area contributed by atoms with Gasteiger partial charge in [-0.1, -0.05) is 19.3 Å². The second kappa shape index (κ2) is 9.03. The van der Waals surface area contributed by atoms with Crippen molar-refractivity contribution in [2.24, 2.45) is 0 Å². The molecule has 1 amide bonds. The van der Waals surface area contributed by atoms with Crippen LogP contribution in [0, 0.1) is 6.92 Å². The molecule has 0 radical (unpaired) electrons. The fourth-order valence-electron chi connectivity index (χ4n) is 4.26. The summed E-state index contributed by atoms with van der Waals surface area (Å²) in [4.78, 5) is 38.2. The van der Waals surface area contributed by atoms with Gasteiger partial charge in [-0.25, -0.2) is 9.59 Å². The highest BCUT2D eigenvalue weighted by molar-refractivity contribution is 6.31. The van der Waals surface area contributed by atoms with E-state index in [9.17, 15) is 14.4 Å². The molecule has 2 saturated heterocycles. The van der Waals surface area contributed by atoms with Gasteiger partial charge in [-0.15, -0.1) is 5.10 Å². The number of ether oxygens (including phenoxy) is 3. The molecule has 1 aromatic heterocycles. The zero-order valence-electron chi connectivity index (χ0n) is 17.2. The molecule has 0 aromatic carbocycles. The van der Waals surface area contributed by atoms with E-state index in [1.807, 2.05) is 6.07 Å². The Hall–Kier alpha value is -2.62. The first-order valence-corrected chi connectivity index (χ1v) is 10.6. The molecule has 30 heavy (non-hydrogen) atoms. The van der Waals surface area contributed by atoms with Gasteiger partial charge in [0, 0.05) is 44.5 Å². The van der Waals surface area contributed by atoms with E-state index < -0.39 is 24.1 Å². The Balaban J connectivity index is 1.19. The number of hydrogen-bond acceptors (Lipinski definition) is 8. The van der Waals surface area contributed by atoms with Crippen molar-refractivity contribution >= 4 is 17.8 Å². The molecule has 3 heterocycles. The van der Waals surface area contributed by atoms with Gasteiger partial charge in [0.05, 0.1) is 6.04 Å². The molecule has 0 spiro atoms. The van der Waals surface area contributed by atoms with Crippen molar-refractivity contribution in [1.82, 2.24) is 19.6 Å². The molecular formula is C20H28N4O6. The lowest BCUT2D eigenvalue weighted by Gasteiger charge is -2.34. The maximum atomic E-state index is 12.3. The highest BCUT2D eigenvalue weighted by Gasteiger charge is 2.41. The summed E-state index contributed by atoms with van der Waals surface area (Å²) in [7, 11) is 0. The summed E-state index contributed by atoms with van der Waals surface area (Å²) in [5.41, 5.74) is 1.14. The first-order chi connectivity index (χ1) is 14.5. The van der Waals surface area contributed by atoms with Gasteiger partial charge in [0.15, 0.2) is 0 Å². The standard InChI is InChI=1S/C20H28N4O6/c1-14-13-16(21-24(14)15-5-3-2-4-6-15)28-12-11-22-7-9-23(10-8-22)17(25)20-29-18(26)19(27)30-20/h13,15,20H,2-12H2,1H3. The molecule has 0 atom stereocenters. The van der Waals surface area contributed by atoms with Gasteiger partial charge in [0.1, 0.15) is 6.61 Å². The third-order valence-electron chi connectivity index (χ3n) is 5.96. The Kier molecular flexibility index (Phi) is 6.21. The van der Waals surface area contributed by atoms with E-state index in [4.69, 9.17) is 4.74 Å². The lowest BCUT2D eigenvalue weighted by molar-refractivity contribution is -0.167. The summed E-state index contributed by atoms with van der Waals surface area (Å²) in [5.74, 6) is -2.07. The number of nitrogens with zero attached hydrogens (tertiary/aromatic N) is 4. The van der Waals surface area contributed by atoms with Crippen LogP contribution < -0.4 is 4.74 Å². The van der Waals surface area contributed by atoms with Crippen LogP contribution in [-0.2, 0) is 23.9 Å². The average molecular weight is 420 g/mol. The Labute approximate surface area is 175 Å². The molecule has 0 N–H and O–H groups in total. The van der Waals surface area contributed by atoms with Crippen LogP contribution in [0.25, 0.3) is 0 Å². The highest BCUT2D eigenvalue weighted by atomic mass is 16.8. The lowest BCUT2D eigenvalue weighted by Crippen LogP contribution is -2.52. The molecule has 0 bridgehead atoms.